The average Bonchev–Trinajstić information content (AvgIpc) is 3.31. The average molecular weight is 426 g/mol. The fraction of sp³-hybridized carbons (Fsp3) is 0.250. The second-order valence-corrected chi connectivity index (χ2v) is 7.77. The number of hydrogen-bond acceptors (Lipinski definition) is 6. The number of carbonyl (C=O) groups is 2. The number of thiazole rings is 1. The van der Waals surface area contributed by atoms with Crippen LogP contribution in [0.3, 0.4) is 0 Å². The maximum Gasteiger partial charge on any atom is 0.326 e. The molecule has 3 heterocycles. The van der Waals surface area contributed by atoms with Gasteiger partial charge in [0, 0.05) is 25.8 Å². The van der Waals surface area contributed by atoms with E-state index in [1.165, 1.54) is 23.5 Å². The summed E-state index contributed by atoms with van der Waals surface area (Å²) >= 11 is 1.18. The normalized spacial score (nSPS) is 13.7. The van der Waals surface area contributed by atoms with Gasteiger partial charge in [-0.3, -0.25) is 9.69 Å². The van der Waals surface area contributed by atoms with E-state index < -0.39 is 0 Å². The molecule has 0 aliphatic carbocycles. The third kappa shape index (κ3) is 4.28. The Bertz CT molecular complexity index is 1060. The predicted molar refractivity (Wildman–Crippen MR) is 110 cm³/mol. The number of halogens is 1. The van der Waals surface area contributed by atoms with Crippen molar-refractivity contribution in [3.05, 3.63) is 70.2 Å². The molecule has 3 aromatic rings. The number of rotatable bonds is 6. The van der Waals surface area contributed by atoms with Crippen molar-refractivity contribution in [2.45, 2.75) is 20.0 Å². The van der Waals surface area contributed by atoms with Crippen LogP contribution in [0.4, 0.5) is 14.3 Å². The van der Waals surface area contributed by atoms with E-state index in [4.69, 9.17) is 0 Å². The Morgan fingerprint density at radius 1 is 1.23 bits per heavy atom. The molecule has 1 aromatic carbocycles. The second kappa shape index (κ2) is 8.54. The molecule has 3 amide bonds. The summed E-state index contributed by atoms with van der Waals surface area (Å²) in [4.78, 5) is 33.5. The lowest BCUT2D eigenvalue weighted by atomic mass is 10.2. The Balaban J connectivity index is 1.41. The van der Waals surface area contributed by atoms with E-state index in [1.54, 1.807) is 47.2 Å². The minimum Gasteiger partial charge on any atom is -0.346 e. The van der Waals surface area contributed by atoms with Gasteiger partial charge >= 0.3 is 6.03 Å². The first-order valence-electron chi connectivity index (χ1n) is 9.34. The lowest BCUT2D eigenvalue weighted by molar-refractivity contribution is 0.0953. The smallest absolute Gasteiger partial charge is 0.326 e. The van der Waals surface area contributed by atoms with E-state index >= 15 is 0 Å². The molecule has 30 heavy (non-hydrogen) atoms. The van der Waals surface area contributed by atoms with Crippen LogP contribution >= 0.6 is 11.3 Å². The van der Waals surface area contributed by atoms with E-state index in [0.717, 1.165) is 5.56 Å². The van der Waals surface area contributed by atoms with Crippen LogP contribution in [-0.4, -0.2) is 45.1 Å². The maximum absolute atomic E-state index is 13.1. The lowest BCUT2D eigenvalue weighted by Crippen LogP contribution is -2.31. The number of hydrogen-bond donors (Lipinski definition) is 1. The number of urea groups is 1. The van der Waals surface area contributed by atoms with Gasteiger partial charge in [0.2, 0.25) is 0 Å². The third-order valence-corrected chi connectivity index (χ3v) is 5.84. The van der Waals surface area contributed by atoms with Gasteiger partial charge in [0.15, 0.2) is 5.13 Å². The summed E-state index contributed by atoms with van der Waals surface area (Å²) in [6.45, 7) is 3.41. The highest BCUT2D eigenvalue weighted by molar-refractivity contribution is 7.17. The molecule has 1 aliphatic heterocycles. The summed E-state index contributed by atoms with van der Waals surface area (Å²) in [6.07, 6.45) is 1.57. The molecule has 0 atom stereocenters. The molecule has 0 bridgehead atoms. The highest BCUT2D eigenvalue weighted by Crippen LogP contribution is 2.29. The standard InChI is InChI=1S/C20H19FN6O2S/c1-13-17(18(28)22-11-16-3-2-8-23-25-16)30-19(24-13)27-10-9-26(20(27)29)12-14-4-6-15(21)7-5-14/h2-8H,9-12H2,1H3,(H,22,28). The number of nitrogens with zero attached hydrogens (tertiary/aromatic N) is 5. The molecule has 0 radical (unpaired) electrons. The number of nitrogens with one attached hydrogen (secondary N) is 1. The van der Waals surface area contributed by atoms with Crippen molar-refractivity contribution < 1.29 is 14.0 Å². The Morgan fingerprint density at radius 2 is 2.03 bits per heavy atom. The minimum atomic E-state index is -0.309. The molecular weight excluding hydrogens is 407 g/mol. The van der Waals surface area contributed by atoms with Crippen LogP contribution in [0.25, 0.3) is 0 Å². The first-order chi connectivity index (χ1) is 14.5. The Morgan fingerprint density at radius 3 is 2.77 bits per heavy atom. The van der Waals surface area contributed by atoms with Crippen molar-refractivity contribution in [1.82, 2.24) is 25.4 Å². The predicted octanol–water partition coefficient (Wildman–Crippen LogP) is 2.75. The maximum atomic E-state index is 13.1. The number of aryl methyl sites for hydroxylation is 1. The summed E-state index contributed by atoms with van der Waals surface area (Å²) in [5.41, 5.74) is 2.07. The fourth-order valence-corrected chi connectivity index (χ4v) is 4.11. The molecule has 10 heteroatoms. The molecule has 0 unspecified atom stereocenters. The van der Waals surface area contributed by atoms with E-state index in [1.807, 2.05) is 0 Å². The molecule has 0 spiro atoms. The molecule has 1 N–H and O–H groups in total. The summed E-state index contributed by atoms with van der Waals surface area (Å²) in [7, 11) is 0. The number of anilines is 1. The van der Waals surface area contributed by atoms with E-state index in [-0.39, 0.29) is 24.3 Å². The van der Waals surface area contributed by atoms with Gasteiger partial charge in [-0.2, -0.15) is 10.2 Å². The zero-order valence-electron chi connectivity index (χ0n) is 16.2. The van der Waals surface area contributed by atoms with Crippen LogP contribution in [0.2, 0.25) is 0 Å². The van der Waals surface area contributed by atoms with Gasteiger partial charge in [-0.15, -0.1) is 0 Å². The number of benzene rings is 1. The van der Waals surface area contributed by atoms with Crippen molar-refractivity contribution in [2.75, 3.05) is 18.0 Å². The topological polar surface area (TPSA) is 91.3 Å². The molecule has 1 fully saturated rings. The van der Waals surface area contributed by atoms with E-state index in [0.29, 0.717) is 41.0 Å². The number of amides is 3. The van der Waals surface area contributed by atoms with Crippen molar-refractivity contribution in [1.29, 1.82) is 0 Å². The number of carbonyl (C=O) groups excluding carboxylic acids is 2. The Kier molecular flexibility index (Phi) is 5.66. The van der Waals surface area contributed by atoms with Crippen LogP contribution in [0.5, 0.6) is 0 Å². The van der Waals surface area contributed by atoms with Gasteiger partial charge in [-0.05, 0) is 36.8 Å². The van der Waals surface area contributed by atoms with Crippen molar-refractivity contribution in [3.63, 3.8) is 0 Å². The second-order valence-electron chi connectivity index (χ2n) is 6.79. The molecular formula is C20H19FN6O2S. The molecule has 0 saturated carbocycles. The van der Waals surface area contributed by atoms with Gasteiger partial charge in [-0.1, -0.05) is 23.5 Å². The van der Waals surface area contributed by atoms with E-state index in [9.17, 15) is 14.0 Å². The van der Waals surface area contributed by atoms with Gasteiger partial charge in [0.1, 0.15) is 10.7 Å². The first-order valence-corrected chi connectivity index (χ1v) is 10.2. The molecule has 2 aromatic heterocycles. The van der Waals surface area contributed by atoms with Crippen LogP contribution in [0.15, 0.2) is 42.6 Å². The number of aromatic nitrogens is 3. The van der Waals surface area contributed by atoms with Crippen molar-refractivity contribution in [2.24, 2.45) is 0 Å². The zero-order valence-corrected chi connectivity index (χ0v) is 17.0. The van der Waals surface area contributed by atoms with Crippen molar-refractivity contribution in [3.8, 4) is 0 Å². The summed E-state index contributed by atoms with van der Waals surface area (Å²) in [5, 5.41) is 11.0. The highest BCUT2D eigenvalue weighted by Gasteiger charge is 2.32. The van der Waals surface area contributed by atoms with Crippen LogP contribution in [-0.2, 0) is 13.1 Å². The fourth-order valence-electron chi connectivity index (χ4n) is 3.10. The third-order valence-electron chi connectivity index (χ3n) is 4.66. The highest BCUT2D eigenvalue weighted by atomic mass is 32.1. The van der Waals surface area contributed by atoms with Gasteiger partial charge < -0.3 is 10.2 Å². The molecule has 154 valence electrons. The quantitative estimate of drug-likeness (QED) is 0.655. The van der Waals surface area contributed by atoms with Crippen LogP contribution < -0.4 is 10.2 Å². The van der Waals surface area contributed by atoms with Crippen LogP contribution in [0.1, 0.15) is 26.6 Å². The summed E-state index contributed by atoms with van der Waals surface area (Å²) < 4.78 is 13.1. The van der Waals surface area contributed by atoms with Crippen molar-refractivity contribution >= 4 is 28.4 Å². The monoisotopic (exact) mass is 426 g/mol. The van der Waals surface area contributed by atoms with Gasteiger partial charge in [0.05, 0.1) is 17.9 Å². The molecule has 1 saturated heterocycles. The molecule has 1 aliphatic rings. The summed E-state index contributed by atoms with van der Waals surface area (Å²) in [5.74, 6) is -0.576. The molecule has 8 nitrogen and oxygen atoms in total. The Hall–Kier alpha value is -3.40. The summed E-state index contributed by atoms with van der Waals surface area (Å²) in [6, 6.07) is 9.43. The molecule has 4 rings (SSSR count). The van der Waals surface area contributed by atoms with Crippen LogP contribution in [0, 0.1) is 12.7 Å². The Labute approximate surface area is 176 Å². The zero-order chi connectivity index (χ0) is 21.1. The lowest BCUT2D eigenvalue weighted by Gasteiger charge is -2.16. The van der Waals surface area contributed by atoms with E-state index in [2.05, 4.69) is 20.5 Å². The minimum absolute atomic E-state index is 0.181. The SMILES string of the molecule is Cc1nc(N2CCN(Cc3ccc(F)cc3)C2=O)sc1C(=O)NCc1cccnn1. The first kappa shape index (κ1) is 19.9. The van der Waals surface area contributed by atoms with Gasteiger partial charge in [-0.25, -0.2) is 14.2 Å². The largest absolute Gasteiger partial charge is 0.346 e. The van der Waals surface area contributed by atoms with Gasteiger partial charge in [0.25, 0.3) is 5.91 Å².